The van der Waals surface area contributed by atoms with E-state index in [2.05, 4.69) is 26.6 Å². The van der Waals surface area contributed by atoms with Crippen molar-refractivity contribution in [1.29, 1.82) is 0 Å². The molecular weight excluding hydrogens is 450 g/mol. The quantitative estimate of drug-likeness (QED) is 0.358. The van der Waals surface area contributed by atoms with Gasteiger partial charge in [-0.2, -0.15) is 0 Å². The summed E-state index contributed by atoms with van der Waals surface area (Å²) in [5.41, 5.74) is 0.148. The Bertz CT molecular complexity index is 1150. The van der Waals surface area contributed by atoms with Crippen LogP contribution in [0.3, 0.4) is 0 Å². The third kappa shape index (κ3) is 3.95. The molecule has 3 aromatic carbocycles. The van der Waals surface area contributed by atoms with Crippen molar-refractivity contribution >= 4 is 38.9 Å². The number of phenols is 1. The number of rotatable bonds is 7. The second-order valence-corrected chi connectivity index (χ2v) is 7.92. The van der Waals surface area contributed by atoms with Crippen molar-refractivity contribution in [3.63, 3.8) is 0 Å². The average molecular weight is 472 g/mol. The summed E-state index contributed by atoms with van der Waals surface area (Å²) in [5, 5.41) is 16.6. The van der Waals surface area contributed by atoms with Crippen molar-refractivity contribution in [2.45, 2.75) is 19.4 Å². The van der Waals surface area contributed by atoms with Gasteiger partial charge in [0.05, 0.1) is 17.3 Å². The molecule has 0 spiro atoms. The van der Waals surface area contributed by atoms with Gasteiger partial charge in [-0.15, -0.1) is 0 Å². The maximum Gasteiger partial charge on any atom is 0.258 e. The lowest BCUT2D eigenvalue weighted by Gasteiger charge is -2.22. The zero-order valence-corrected chi connectivity index (χ0v) is 18.4. The minimum Gasteiger partial charge on any atom is -0.505 e. The molecule has 0 bridgehead atoms. The highest BCUT2D eigenvalue weighted by atomic mass is 79.9. The molecule has 8 heteroatoms. The van der Waals surface area contributed by atoms with Crippen LogP contribution in [0.15, 0.2) is 56.5 Å². The van der Waals surface area contributed by atoms with Crippen LogP contribution < -0.4 is 21.5 Å². The summed E-state index contributed by atoms with van der Waals surface area (Å²) in [5.74, 6) is -0.710. The van der Waals surface area contributed by atoms with Crippen molar-refractivity contribution < 1.29 is 9.90 Å². The number of aromatic hydroxyl groups is 1. The van der Waals surface area contributed by atoms with Crippen LogP contribution >= 0.6 is 15.9 Å². The average Bonchev–Trinajstić information content (AvgIpc) is 2.74. The molecule has 3 rings (SSSR count). The molecule has 3 aromatic rings. The van der Waals surface area contributed by atoms with Gasteiger partial charge < -0.3 is 20.6 Å². The Kier molecular flexibility index (Phi) is 6.26. The number of hydrogen-bond acceptors (Lipinski definition) is 6. The van der Waals surface area contributed by atoms with Crippen molar-refractivity contribution in [1.82, 2.24) is 4.90 Å². The van der Waals surface area contributed by atoms with Crippen LogP contribution in [0.1, 0.15) is 35.3 Å². The van der Waals surface area contributed by atoms with Gasteiger partial charge in [0.25, 0.3) is 16.8 Å². The predicted octanol–water partition coefficient (Wildman–Crippen LogP) is 3.76. The molecule has 1 amide bonds. The molecule has 0 heterocycles. The molecule has 0 radical (unpaired) electrons. The van der Waals surface area contributed by atoms with E-state index in [-0.39, 0.29) is 34.4 Å². The molecule has 0 saturated carbocycles. The van der Waals surface area contributed by atoms with Crippen LogP contribution in [-0.4, -0.2) is 30.0 Å². The summed E-state index contributed by atoms with van der Waals surface area (Å²) in [6, 6.07) is 12.6. The molecule has 0 aliphatic heterocycles. The minimum absolute atomic E-state index is 0.0638. The second-order valence-electron chi connectivity index (χ2n) is 7.07. The van der Waals surface area contributed by atoms with Crippen LogP contribution in [0.2, 0.25) is 0 Å². The van der Waals surface area contributed by atoms with Crippen LogP contribution in [0, 0.1) is 0 Å². The lowest BCUT2D eigenvalue weighted by molar-refractivity contribution is 0.0824. The topological polar surface area (TPSA) is 98.7 Å². The third-order valence-corrected chi connectivity index (χ3v) is 5.51. The summed E-state index contributed by atoms with van der Waals surface area (Å²) < 4.78 is 0.419. The summed E-state index contributed by atoms with van der Waals surface area (Å²) in [4.78, 5) is 38.1. The van der Waals surface area contributed by atoms with Crippen molar-refractivity contribution in [3.8, 4) is 5.75 Å². The smallest absolute Gasteiger partial charge is 0.258 e. The fourth-order valence-electron chi connectivity index (χ4n) is 3.16. The molecule has 1 atom stereocenters. The first kappa shape index (κ1) is 21.6. The van der Waals surface area contributed by atoms with Gasteiger partial charge in [-0.25, -0.2) is 0 Å². The Hall–Kier alpha value is -3.13. The Labute approximate surface area is 182 Å². The Morgan fingerprint density at radius 1 is 1.07 bits per heavy atom. The highest BCUT2D eigenvalue weighted by Gasteiger charge is 2.26. The van der Waals surface area contributed by atoms with E-state index in [1.165, 1.54) is 11.0 Å². The van der Waals surface area contributed by atoms with Gasteiger partial charge in [-0.1, -0.05) is 37.3 Å². The Morgan fingerprint density at radius 2 is 1.70 bits per heavy atom. The van der Waals surface area contributed by atoms with Crippen LogP contribution in [-0.2, 0) is 0 Å². The normalized spacial score (nSPS) is 11.9. The van der Waals surface area contributed by atoms with Gasteiger partial charge in [-0.05, 0) is 40.0 Å². The molecule has 0 aliphatic rings. The minimum atomic E-state index is -0.678. The van der Waals surface area contributed by atoms with Gasteiger partial charge in [-0.3, -0.25) is 14.4 Å². The number of carbonyl (C=O) groups is 1. The monoisotopic (exact) mass is 471 g/mol. The molecule has 0 fully saturated rings. The number of carbonyl (C=O) groups excluding carboxylic acids is 1. The number of benzene rings is 2. The predicted molar refractivity (Wildman–Crippen MR) is 122 cm³/mol. The van der Waals surface area contributed by atoms with Gasteiger partial charge in [0.2, 0.25) is 0 Å². The van der Waals surface area contributed by atoms with Gasteiger partial charge in [0, 0.05) is 18.6 Å². The number of phenolic OH excluding ortho intramolecular Hbond substituents is 1. The highest BCUT2D eigenvalue weighted by molar-refractivity contribution is 9.10. The van der Waals surface area contributed by atoms with Gasteiger partial charge in [0.15, 0.2) is 5.75 Å². The lowest BCUT2D eigenvalue weighted by Crippen LogP contribution is -2.37. The van der Waals surface area contributed by atoms with E-state index in [9.17, 15) is 19.5 Å². The Balaban J connectivity index is 1.94. The molecule has 0 aromatic heterocycles. The standard InChI is InChI=1S/C22H22BrN3O4/c1-4-14(12-8-6-5-7-9-12)24-17-18(21(29)20(17)28)25-15-11-10-13(23)16(19(15)27)22(30)26(2)3/h5-11,14,24-25,27H,4H2,1-3H3/t14-/m1/s1. The van der Waals surface area contributed by atoms with E-state index < -0.39 is 16.8 Å². The number of hydrogen-bond donors (Lipinski definition) is 3. The van der Waals surface area contributed by atoms with E-state index in [0.717, 1.165) is 5.56 Å². The van der Waals surface area contributed by atoms with Gasteiger partial charge >= 0.3 is 0 Å². The lowest BCUT2D eigenvalue weighted by atomic mass is 10.0. The molecule has 0 unspecified atom stereocenters. The second kappa shape index (κ2) is 8.71. The first-order chi connectivity index (χ1) is 14.3. The molecule has 0 aliphatic carbocycles. The zero-order valence-electron chi connectivity index (χ0n) is 16.8. The molecule has 3 N–H and O–H groups in total. The van der Waals surface area contributed by atoms with Crippen molar-refractivity contribution in [3.05, 3.63) is 78.5 Å². The first-order valence-corrected chi connectivity index (χ1v) is 10.2. The summed E-state index contributed by atoms with van der Waals surface area (Å²) in [6.07, 6.45) is 0.702. The van der Waals surface area contributed by atoms with Gasteiger partial charge in [0.1, 0.15) is 11.4 Å². The fourth-order valence-corrected chi connectivity index (χ4v) is 3.65. The molecule has 7 nitrogen and oxygen atoms in total. The highest BCUT2D eigenvalue weighted by Crippen LogP contribution is 2.37. The van der Waals surface area contributed by atoms with Crippen LogP contribution in [0.5, 0.6) is 5.75 Å². The van der Waals surface area contributed by atoms with E-state index in [1.807, 2.05) is 37.3 Å². The molecular formula is C22H22BrN3O4. The van der Waals surface area contributed by atoms with Crippen molar-refractivity contribution in [2.24, 2.45) is 0 Å². The largest absolute Gasteiger partial charge is 0.505 e. The summed E-state index contributed by atoms with van der Waals surface area (Å²) in [6.45, 7) is 1.98. The van der Waals surface area contributed by atoms with E-state index in [1.54, 1.807) is 20.2 Å². The third-order valence-electron chi connectivity index (χ3n) is 4.85. The number of nitrogens with one attached hydrogen (secondary N) is 2. The number of halogens is 1. The summed E-state index contributed by atoms with van der Waals surface area (Å²) in [7, 11) is 3.14. The Morgan fingerprint density at radius 3 is 2.30 bits per heavy atom. The van der Waals surface area contributed by atoms with E-state index in [0.29, 0.717) is 10.9 Å². The van der Waals surface area contributed by atoms with E-state index >= 15 is 0 Å². The first-order valence-electron chi connectivity index (χ1n) is 9.41. The number of nitrogens with zero attached hydrogens (tertiary/aromatic N) is 1. The molecule has 0 saturated heterocycles. The molecule has 30 heavy (non-hydrogen) atoms. The maximum atomic E-state index is 12.4. The fraction of sp³-hybridized carbons (Fsp3) is 0.227. The number of anilines is 3. The zero-order chi connectivity index (χ0) is 22.0. The van der Waals surface area contributed by atoms with E-state index in [4.69, 9.17) is 0 Å². The SMILES string of the molecule is CC[C@@H](Nc1c(Nc2ccc(Br)c(C(=O)N(C)C)c2O)c(=O)c1=O)c1ccccc1. The van der Waals surface area contributed by atoms with Crippen LogP contribution in [0.4, 0.5) is 17.1 Å². The van der Waals surface area contributed by atoms with Crippen LogP contribution in [0.25, 0.3) is 0 Å². The number of amides is 1. The maximum absolute atomic E-state index is 12.4. The van der Waals surface area contributed by atoms with Crippen molar-refractivity contribution in [2.75, 3.05) is 24.7 Å². The summed E-state index contributed by atoms with van der Waals surface area (Å²) >= 11 is 3.27. The molecule has 156 valence electrons.